The Labute approximate surface area is 132 Å². The van der Waals surface area contributed by atoms with E-state index < -0.39 is 0 Å². The molecule has 0 bridgehead atoms. The van der Waals surface area contributed by atoms with E-state index >= 15 is 0 Å². The summed E-state index contributed by atoms with van der Waals surface area (Å²) in [6.45, 7) is 6.73. The summed E-state index contributed by atoms with van der Waals surface area (Å²) in [7, 11) is 0. The lowest BCUT2D eigenvalue weighted by Gasteiger charge is -2.23. The Hall–Kier alpha value is -1.39. The first-order valence-corrected chi connectivity index (χ1v) is 8.31. The molecule has 1 unspecified atom stereocenters. The van der Waals surface area contributed by atoms with E-state index in [2.05, 4.69) is 10.6 Å². The van der Waals surface area contributed by atoms with Gasteiger partial charge in [0.2, 0.25) is 5.91 Å². The van der Waals surface area contributed by atoms with Crippen LogP contribution in [0.15, 0.2) is 24.3 Å². The molecule has 1 aliphatic carbocycles. The average Bonchev–Trinajstić information content (AvgIpc) is 3.20. The molecule has 1 heterocycles. The normalized spacial score (nSPS) is 22.8. The fourth-order valence-corrected chi connectivity index (χ4v) is 3.43. The van der Waals surface area contributed by atoms with Crippen LogP contribution in [0.3, 0.4) is 0 Å². The number of carbonyl (C=O) groups is 1. The lowest BCUT2D eigenvalue weighted by atomic mass is 9.92. The molecule has 1 amide bonds. The molecule has 2 N–H and O–H groups in total. The van der Waals surface area contributed by atoms with Crippen molar-refractivity contribution in [1.29, 1.82) is 0 Å². The zero-order valence-electron chi connectivity index (χ0n) is 13.5. The highest BCUT2D eigenvalue weighted by atomic mass is 16.5. The zero-order valence-corrected chi connectivity index (χ0v) is 13.5. The van der Waals surface area contributed by atoms with E-state index in [0.717, 1.165) is 43.6 Å². The summed E-state index contributed by atoms with van der Waals surface area (Å²) in [4.78, 5) is 12.5. The maximum absolute atomic E-state index is 12.5. The van der Waals surface area contributed by atoms with Crippen molar-refractivity contribution < 1.29 is 9.53 Å². The lowest BCUT2D eigenvalue weighted by molar-refractivity contribution is -0.118. The molecule has 120 valence electrons. The van der Waals surface area contributed by atoms with Crippen molar-refractivity contribution in [2.24, 2.45) is 11.3 Å². The topological polar surface area (TPSA) is 50.4 Å². The molecule has 2 aliphatic rings. The van der Waals surface area contributed by atoms with Gasteiger partial charge in [0.25, 0.3) is 0 Å². The second kappa shape index (κ2) is 6.39. The van der Waals surface area contributed by atoms with Gasteiger partial charge in [-0.3, -0.25) is 4.79 Å². The number of carbonyl (C=O) groups excluding carboxylic acids is 1. The molecule has 0 aromatic heterocycles. The van der Waals surface area contributed by atoms with Crippen LogP contribution in [-0.4, -0.2) is 25.1 Å². The summed E-state index contributed by atoms with van der Waals surface area (Å²) in [5.41, 5.74) is 2.26. The summed E-state index contributed by atoms with van der Waals surface area (Å²) in [6.07, 6.45) is 3.53. The third-order valence-electron chi connectivity index (χ3n) is 4.88. The quantitative estimate of drug-likeness (QED) is 0.879. The van der Waals surface area contributed by atoms with Crippen LogP contribution in [0.5, 0.6) is 0 Å². The minimum absolute atomic E-state index is 0.184. The Morgan fingerprint density at radius 1 is 1.41 bits per heavy atom. The highest BCUT2D eigenvalue weighted by Gasteiger charge is 2.57. The van der Waals surface area contributed by atoms with Gasteiger partial charge in [0, 0.05) is 11.6 Å². The number of hydrogen-bond acceptors (Lipinski definition) is 3. The molecule has 1 aromatic rings. The third kappa shape index (κ3) is 3.50. The summed E-state index contributed by atoms with van der Waals surface area (Å²) in [5.74, 6) is 0.383. The van der Waals surface area contributed by atoms with Crippen molar-refractivity contribution in [1.82, 2.24) is 5.32 Å². The predicted molar refractivity (Wildman–Crippen MR) is 87.6 cm³/mol. The Morgan fingerprint density at radius 3 is 2.91 bits per heavy atom. The second-order valence-corrected chi connectivity index (χ2v) is 6.92. The van der Waals surface area contributed by atoms with E-state index in [1.54, 1.807) is 0 Å². The van der Waals surface area contributed by atoms with Gasteiger partial charge in [-0.2, -0.15) is 0 Å². The molecule has 22 heavy (non-hydrogen) atoms. The van der Waals surface area contributed by atoms with Gasteiger partial charge in [0.05, 0.1) is 12.7 Å². The SMILES string of the molecule is CC(C)OCc1cccc(NC(=O)C2CC23CCNCC3)c1. The highest BCUT2D eigenvalue weighted by molar-refractivity contribution is 5.95. The summed E-state index contributed by atoms with van der Waals surface area (Å²) in [5, 5.41) is 6.46. The molecule has 1 saturated heterocycles. The van der Waals surface area contributed by atoms with Crippen LogP contribution < -0.4 is 10.6 Å². The van der Waals surface area contributed by atoms with Gasteiger partial charge < -0.3 is 15.4 Å². The van der Waals surface area contributed by atoms with Crippen LogP contribution >= 0.6 is 0 Å². The Kier molecular flexibility index (Phi) is 4.50. The summed E-state index contributed by atoms with van der Waals surface area (Å²) in [6, 6.07) is 7.97. The molecule has 1 aromatic carbocycles. The van der Waals surface area contributed by atoms with Crippen molar-refractivity contribution in [3.8, 4) is 0 Å². The summed E-state index contributed by atoms with van der Waals surface area (Å²) < 4.78 is 5.62. The molecule has 0 radical (unpaired) electrons. The van der Waals surface area contributed by atoms with Crippen LogP contribution in [0.4, 0.5) is 5.69 Å². The van der Waals surface area contributed by atoms with E-state index in [-0.39, 0.29) is 23.3 Å². The van der Waals surface area contributed by atoms with Crippen molar-refractivity contribution >= 4 is 11.6 Å². The van der Waals surface area contributed by atoms with Gasteiger partial charge in [-0.25, -0.2) is 0 Å². The second-order valence-electron chi connectivity index (χ2n) is 6.92. The minimum Gasteiger partial charge on any atom is -0.374 e. The Bertz CT molecular complexity index is 536. The van der Waals surface area contributed by atoms with Crippen LogP contribution in [0.1, 0.15) is 38.7 Å². The predicted octanol–water partition coefficient (Wildman–Crippen LogP) is 2.94. The lowest BCUT2D eigenvalue weighted by Crippen LogP contribution is -2.31. The van der Waals surface area contributed by atoms with E-state index in [9.17, 15) is 4.79 Å². The van der Waals surface area contributed by atoms with Gasteiger partial charge in [0.15, 0.2) is 0 Å². The van der Waals surface area contributed by atoms with Crippen molar-refractivity contribution in [2.45, 2.75) is 45.8 Å². The number of hydrogen-bond donors (Lipinski definition) is 2. The molecule has 2 fully saturated rings. The number of ether oxygens (including phenoxy) is 1. The Morgan fingerprint density at radius 2 is 2.18 bits per heavy atom. The van der Waals surface area contributed by atoms with Gasteiger partial charge in [0.1, 0.15) is 0 Å². The van der Waals surface area contributed by atoms with E-state index in [1.165, 1.54) is 0 Å². The van der Waals surface area contributed by atoms with Gasteiger partial charge >= 0.3 is 0 Å². The molecule has 3 rings (SSSR count). The maximum atomic E-state index is 12.5. The first-order valence-electron chi connectivity index (χ1n) is 8.31. The van der Waals surface area contributed by atoms with Gasteiger partial charge in [-0.15, -0.1) is 0 Å². The minimum atomic E-state index is 0.184. The zero-order chi connectivity index (χ0) is 15.6. The number of nitrogens with one attached hydrogen (secondary N) is 2. The molecule has 1 spiro atoms. The van der Waals surface area contributed by atoms with Crippen LogP contribution in [-0.2, 0) is 16.1 Å². The molecule has 1 aliphatic heterocycles. The molecule has 4 heteroatoms. The first-order chi connectivity index (χ1) is 10.6. The van der Waals surface area contributed by atoms with Crippen LogP contribution in [0.2, 0.25) is 0 Å². The first kappa shape index (κ1) is 15.5. The van der Waals surface area contributed by atoms with Crippen molar-refractivity contribution in [3.05, 3.63) is 29.8 Å². The molecular weight excluding hydrogens is 276 g/mol. The van der Waals surface area contributed by atoms with Crippen LogP contribution in [0, 0.1) is 11.3 Å². The van der Waals surface area contributed by atoms with Gasteiger partial charge in [-0.05, 0) is 69.3 Å². The number of benzene rings is 1. The summed E-state index contributed by atoms with van der Waals surface area (Å²) >= 11 is 0. The molecule has 1 saturated carbocycles. The highest BCUT2D eigenvalue weighted by Crippen LogP contribution is 2.58. The van der Waals surface area contributed by atoms with Crippen molar-refractivity contribution in [3.63, 3.8) is 0 Å². The van der Waals surface area contributed by atoms with E-state index in [4.69, 9.17) is 4.74 Å². The number of piperidine rings is 1. The smallest absolute Gasteiger partial charge is 0.228 e. The number of rotatable bonds is 5. The number of anilines is 1. The molecule has 4 nitrogen and oxygen atoms in total. The third-order valence-corrected chi connectivity index (χ3v) is 4.88. The maximum Gasteiger partial charge on any atom is 0.228 e. The Balaban J connectivity index is 1.57. The van der Waals surface area contributed by atoms with E-state index in [1.807, 2.05) is 38.1 Å². The van der Waals surface area contributed by atoms with Crippen molar-refractivity contribution in [2.75, 3.05) is 18.4 Å². The molecule has 1 atom stereocenters. The fraction of sp³-hybridized carbons (Fsp3) is 0.611. The average molecular weight is 302 g/mol. The van der Waals surface area contributed by atoms with E-state index in [0.29, 0.717) is 6.61 Å². The number of amides is 1. The monoisotopic (exact) mass is 302 g/mol. The standard InChI is InChI=1S/C18H26N2O2/c1-13(2)22-12-14-4-3-5-15(10-14)20-17(21)16-11-18(16)6-8-19-9-7-18/h3-5,10,13,16,19H,6-9,11-12H2,1-2H3,(H,20,21). The molecular formula is C18H26N2O2. The van der Waals surface area contributed by atoms with Crippen LogP contribution in [0.25, 0.3) is 0 Å². The van der Waals surface area contributed by atoms with Gasteiger partial charge in [-0.1, -0.05) is 12.1 Å². The largest absolute Gasteiger partial charge is 0.374 e. The fourth-order valence-electron chi connectivity index (χ4n) is 3.43.